The van der Waals surface area contributed by atoms with Crippen LogP contribution in [-0.2, 0) is 4.79 Å². The summed E-state index contributed by atoms with van der Waals surface area (Å²) in [6.07, 6.45) is 3.06. The normalized spacial score (nSPS) is 19.0. The van der Waals surface area contributed by atoms with Gasteiger partial charge in [-0.05, 0) is 49.9 Å². The first-order valence-electron chi connectivity index (χ1n) is 9.80. The molecule has 6 nitrogen and oxygen atoms in total. The van der Waals surface area contributed by atoms with Crippen molar-refractivity contribution in [3.05, 3.63) is 24.3 Å². The molecule has 1 atom stereocenters. The highest BCUT2D eigenvalue weighted by atomic mass is 35.5. The van der Waals surface area contributed by atoms with Crippen LogP contribution >= 0.6 is 24.8 Å². The third-order valence-corrected chi connectivity index (χ3v) is 5.87. The summed E-state index contributed by atoms with van der Waals surface area (Å²) in [6, 6.07) is 8.49. The Morgan fingerprint density at radius 1 is 1.18 bits per heavy atom. The number of amides is 1. The monoisotopic (exact) mass is 428 g/mol. The number of carbonyl (C=O) groups is 1. The van der Waals surface area contributed by atoms with Crippen LogP contribution in [0.2, 0.25) is 0 Å². The molecule has 1 amide bonds. The molecule has 156 valence electrons. The van der Waals surface area contributed by atoms with E-state index in [1.807, 2.05) is 29.2 Å². The number of halogens is 2. The highest BCUT2D eigenvalue weighted by Gasteiger charge is 2.27. The number of aromatic nitrogens is 1. The van der Waals surface area contributed by atoms with Gasteiger partial charge < -0.3 is 19.5 Å². The van der Waals surface area contributed by atoms with Crippen molar-refractivity contribution in [1.82, 2.24) is 15.2 Å². The molecule has 0 saturated carbocycles. The molecule has 1 unspecified atom stereocenters. The fourth-order valence-electron chi connectivity index (χ4n) is 4.13. The molecule has 4 rings (SSSR count). The van der Waals surface area contributed by atoms with Gasteiger partial charge in [0.25, 0.3) is 6.01 Å². The fourth-order valence-corrected chi connectivity index (χ4v) is 4.13. The fraction of sp³-hybridized carbons (Fsp3) is 0.600. The number of nitrogens with zero attached hydrogens (tertiary/aromatic N) is 3. The minimum atomic E-state index is 0. The Hall–Kier alpha value is -1.50. The summed E-state index contributed by atoms with van der Waals surface area (Å²) in [5, 5.41) is 3.40. The number of hydrogen-bond acceptors (Lipinski definition) is 5. The standard InChI is InChI=1S/C20H28N4O2.2ClH/c1-15(16-6-8-21-9-7-16)14-19(25)23-10-12-24(13-11-23)20-22-17-4-2-3-5-18(17)26-20;;/h2-5,15-16,21H,6-14H2,1H3;2*1H. The third kappa shape index (κ3) is 5.10. The molecule has 3 heterocycles. The van der Waals surface area contributed by atoms with Crippen LogP contribution in [0.25, 0.3) is 11.1 Å². The highest BCUT2D eigenvalue weighted by Crippen LogP contribution is 2.26. The van der Waals surface area contributed by atoms with E-state index < -0.39 is 0 Å². The number of fused-ring (bicyclic) bond motifs is 1. The Kier molecular flexibility index (Phi) is 8.40. The van der Waals surface area contributed by atoms with Crippen LogP contribution in [0.15, 0.2) is 28.7 Å². The zero-order chi connectivity index (χ0) is 17.9. The first kappa shape index (κ1) is 22.8. The van der Waals surface area contributed by atoms with Gasteiger partial charge in [-0.15, -0.1) is 24.8 Å². The van der Waals surface area contributed by atoms with Crippen LogP contribution in [0.4, 0.5) is 6.01 Å². The van der Waals surface area contributed by atoms with Crippen molar-refractivity contribution < 1.29 is 9.21 Å². The molecule has 0 radical (unpaired) electrons. The van der Waals surface area contributed by atoms with Crippen molar-refractivity contribution in [3.8, 4) is 0 Å². The average Bonchev–Trinajstić information content (AvgIpc) is 3.13. The number of oxazole rings is 1. The summed E-state index contributed by atoms with van der Waals surface area (Å²) in [7, 11) is 0. The van der Waals surface area contributed by atoms with Gasteiger partial charge in [-0.3, -0.25) is 4.79 Å². The molecule has 8 heteroatoms. The lowest BCUT2D eigenvalue weighted by molar-refractivity contribution is -0.132. The lowest BCUT2D eigenvalue weighted by Gasteiger charge is -2.35. The Morgan fingerprint density at radius 3 is 2.54 bits per heavy atom. The van der Waals surface area contributed by atoms with Gasteiger partial charge in [0.05, 0.1) is 0 Å². The zero-order valence-electron chi connectivity index (χ0n) is 16.3. The van der Waals surface area contributed by atoms with E-state index >= 15 is 0 Å². The molecule has 2 aliphatic heterocycles. The summed E-state index contributed by atoms with van der Waals surface area (Å²) in [5.74, 6) is 1.45. The van der Waals surface area contributed by atoms with E-state index in [0.29, 0.717) is 30.2 Å². The van der Waals surface area contributed by atoms with Gasteiger partial charge in [-0.1, -0.05) is 19.1 Å². The predicted octanol–water partition coefficient (Wildman–Crippen LogP) is 3.35. The van der Waals surface area contributed by atoms with Crippen LogP contribution < -0.4 is 10.2 Å². The molecular weight excluding hydrogens is 399 g/mol. The van der Waals surface area contributed by atoms with E-state index in [4.69, 9.17) is 4.42 Å². The topological polar surface area (TPSA) is 61.6 Å². The maximum Gasteiger partial charge on any atom is 0.298 e. The minimum Gasteiger partial charge on any atom is -0.423 e. The van der Waals surface area contributed by atoms with Crippen LogP contribution in [0.5, 0.6) is 0 Å². The molecule has 0 spiro atoms. The van der Waals surface area contributed by atoms with Crippen molar-refractivity contribution in [2.45, 2.75) is 26.2 Å². The van der Waals surface area contributed by atoms with Gasteiger partial charge in [0.1, 0.15) is 5.52 Å². The molecule has 2 aliphatic rings. The van der Waals surface area contributed by atoms with Crippen LogP contribution in [0.1, 0.15) is 26.2 Å². The summed E-state index contributed by atoms with van der Waals surface area (Å²) in [4.78, 5) is 21.4. The maximum absolute atomic E-state index is 12.7. The van der Waals surface area contributed by atoms with Crippen molar-refractivity contribution in [3.63, 3.8) is 0 Å². The number of nitrogens with one attached hydrogen (secondary N) is 1. The number of benzene rings is 1. The SMILES string of the molecule is CC(CC(=O)N1CCN(c2nc3ccccc3o2)CC1)C1CCNCC1.Cl.Cl. The van der Waals surface area contributed by atoms with Gasteiger partial charge in [-0.25, -0.2) is 0 Å². The molecule has 1 aromatic heterocycles. The quantitative estimate of drug-likeness (QED) is 0.808. The van der Waals surface area contributed by atoms with Gasteiger partial charge in [0, 0.05) is 32.6 Å². The number of carbonyl (C=O) groups excluding carboxylic acids is 1. The smallest absolute Gasteiger partial charge is 0.298 e. The lowest BCUT2D eigenvalue weighted by Crippen LogP contribution is -2.49. The van der Waals surface area contributed by atoms with Crippen LogP contribution in [0.3, 0.4) is 0 Å². The molecule has 0 bridgehead atoms. The summed E-state index contributed by atoms with van der Waals surface area (Å²) in [6.45, 7) is 7.47. The van der Waals surface area contributed by atoms with E-state index in [1.54, 1.807) is 0 Å². The van der Waals surface area contributed by atoms with Crippen molar-refractivity contribution in [1.29, 1.82) is 0 Å². The molecule has 28 heavy (non-hydrogen) atoms. The van der Waals surface area contributed by atoms with E-state index in [0.717, 1.165) is 50.4 Å². The molecule has 2 saturated heterocycles. The van der Waals surface area contributed by atoms with Crippen molar-refractivity contribution in [2.24, 2.45) is 11.8 Å². The van der Waals surface area contributed by atoms with E-state index in [9.17, 15) is 4.79 Å². The van der Waals surface area contributed by atoms with Crippen molar-refractivity contribution in [2.75, 3.05) is 44.2 Å². The van der Waals surface area contributed by atoms with Crippen LogP contribution in [0, 0.1) is 11.8 Å². The Labute approximate surface area is 178 Å². The number of piperidine rings is 1. The number of rotatable bonds is 4. The minimum absolute atomic E-state index is 0. The van der Waals surface area contributed by atoms with Crippen molar-refractivity contribution >= 4 is 47.8 Å². The molecule has 2 fully saturated rings. The predicted molar refractivity (Wildman–Crippen MR) is 117 cm³/mol. The molecule has 0 aliphatic carbocycles. The number of hydrogen-bond donors (Lipinski definition) is 1. The second kappa shape index (κ2) is 10.3. The number of piperazine rings is 1. The lowest BCUT2D eigenvalue weighted by atomic mass is 9.84. The Bertz CT molecular complexity index is 722. The molecule has 1 aromatic carbocycles. The Morgan fingerprint density at radius 2 is 1.86 bits per heavy atom. The van der Waals surface area contributed by atoms with Crippen LogP contribution in [-0.4, -0.2) is 55.1 Å². The second-order valence-electron chi connectivity index (χ2n) is 7.60. The number of para-hydroxylation sites is 2. The van der Waals surface area contributed by atoms with E-state index in [1.165, 1.54) is 12.8 Å². The maximum atomic E-state index is 12.7. The molecule has 2 aromatic rings. The van der Waals surface area contributed by atoms with Gasteiger partial charge in [-0.2, -0.15) is 4.98 Å². The average molecular weight is 429 g/mol. The first-order chi connectivity index (χ1) is 12.7. The largest absolute Gasteiger partial charge is 0.423 e. The van der Waals surface area contributed by atoms with E-state index in [-0.39, 0.29) is 24.8 Å². The highest BCUT2D eigenvalue weighted by molar-refractivity contribution is 5.85. The number of anilines is 1. The first-order valence-corrected chi connectivity index (χ1v) is 9.80. The Balaban J connectivity index is 0.00000140. The van der Waals surface area contributed by atoms with Gasteiger partial charge >= 0.3 is 0 Å². The molecular formula is C20H30Cl2N4O2. The second-order valence-corrected chi connectivity index (χ2v) is 7.60. The summed E-state index contributed by atoms with van der Waals surface area (Å²) in [5.41, 5.74) is 1.70. The third-order valence-electron chi connectivity index (χ3n) is 5.87. The van der Waals surface area contributed by atoms with Gasteiger partial charge in [0.15, 0.2) is 5.58 Å². The molecule has 1 N–H and O–H groups in total. The summed E-state index contributed by atoms with van der Waals surface area (Å²) >= 11 is 0. The summed E-state index contributed by atoms with van der Waals surface area (Å²) < 4.78 is 5.85. The van der Waals surface area contributed by atoms with Gasteiger partial charge in [0.2, 0.25) is 5.91 Å². The zero-order valence-corrected chi connectivity index (χ0v) is 17.9. The van der Waals surface area contributed by atoms with E-state index in [2.05, 4.69) is 22.1 Å².